The van der Waals surface area contributed by atoms with Crippen molar-refractivity contribution in [1.82, 2.24) is 14.9 Å². The number of hydrogen-bond donors (Lipinski definition) is 1. The second-order valence-electron chi connectivity index (χ2n) is 11.2. The van der Waals surface area contributed by atoms with E-state index in [2.05, 4.69) is 59.4 Å². The van der Waals surface area contributed by atoms with Crippen molar-refractivity contribution >= 4 is 34.1 Å². The van der Waals surface area contributed by atoms with Crippen molar-refractivity contribution in [1.29, 1.82) is 0 Å². The van der Waals surface area contributed by atoms with Gasteiger partial charge in [-0.25, -0.2) is 14.6 Å². The number of hydrogen-bond acceptors (Lipinski definition) is 6. The van der Waals surface area contributed by atoms with E-state index in [1.54, 1.807) is 33.8 Å². The molecule has 1 amide bonds. The van der Waals surface area contributed by atoms with Gasteiger partial charge in [0.15, 0.2) is 0 Å². The largest absolute Gasteiger partial charge is 0.476 e. The highest BCUT2D eigenvalue weighted by Gasteiger charge is 2.22. The molecule has 0 aliphatic heterocycles. The molecule has 0 spiro atoms. The van der Waals surface area contributed by atoms with Crippen LogP contribution in [0, 0.1) is 0 Å². The molecule has 0 saturated heterocycles. The maximum absolute atomic E-state index is 12.8. The van der Waals surface area contributed by atoms with Crippen LogP contribution in [0.4, 0.5) is 4.79 Å². The van der Waals surface area contributed by atoms with Gasteiger partial charge in [-0.1, -0.05) is 61.5 Å². The van der Waals surface area contributed by atoms with Crippen molar-refractivity contribution < 1.29 is 23.8 Å². The standard InChI is InChI=1S/C36H41N3O5/c1-6-29(26-14-9-8-10-15-26)34(31-24-27-16-11-12-17-30(27)38-31)28-19-20-32(37-25-28)43-23-22-39(35(41)44-36(3,4)5)21-13-18-33(40)42-7-2/h8-20,24-25,38H,6-7,21-23H2,1-5H3/b18-13+,34-29+. The molecule has 1 N–H and O–H groups in total. The van der Waals surface area contributed by atoms with E-state index in [-0.39, 0.29) is 26.3 Å². The molecule has 0 atom stereocenters. The number of ether oxygens (including phenoxy) is 3. The van der Waals surface area contributed by atoms with Crippen LogP contribution in [0.1, 0.15) is 57.9 Å². The summed E-state index contributed by atoms with van der Waals surface area (Å²) in [6.07, 6.45) is 5.03. The number of H-pyrrole nitrogens is 1. The van der Waals surface area contributed by atoms with Gasteiger partial charge < -0.3 is 24.1 Å². The van der Waals surface area contributed by atoms with Gasteiger partial charge in [-0.3, -0.25) is 0 Å². The molecular weight excluding hydrogens is 554 g/mol. The van der Waals surface area contributed by atoms with Crippen LogP contribution in [0.3, 0.4) is 0 Å². The number of nitrogens with one attached hydrogen (secondary N) is 1. The summed E-state index contributed by atoms with van der Waals surface area (Å²) >= 11 is 0. The van der Waals surface area contributed by atoms with E-state index in [9.17, 15) is 9.59 Å². The Morgan fingerprint density at radius 3 is 2.36 bits per heavy atom. The van der Waals surface area contributed by atoms with Crippen LogP contribution in [0.5, 0.6) is 5.88 Å². The number of carbonyl (C=O) groups excluding carboxylic acids is 2. The SMILES string of the molecule is CCOC(=O)/C=C/CN(CCOc1ccc(/C(=C(/CC)c2ccccc2)c2cc3ccccc3[nH]2)cn1)C(=O)OC(C)(C)C. The number of pyridine rings is 1. The number of allylic oxidation sites excluding steroid dienone is 1. The van der Waals surface area contributed by atoms with E-state index in [1.165, 1.54) is 16.5 Å². The predicted molar refractivity (Wildman–Crippen MR) is 174 cm³/mol. The molecule has 0 unspecified atom stereocenters. The predicted octanol–water partition coefficient (Wildman–Crippen LogP) is 7.67. The van der Waals surface area contributed by atoms with Gasteiger partial charge in [0.1, 0.15) is 12.2 Å². The maximum Gasteiger partial charge on any atom is 0.410 e. The van der Waals surface area contributed by atoms with Crippen LogP contribution >= 0.6 is 0 Å². The number of aromatic amines is 1. The van der Waals surface area contributed by atoms with Crippen molar-refractivity contribution in [2.75, 3.05) is 26.3 Å². The third kappa shape index (κ3) is 8.83. The van der Waals surface area contributed by atoms with E-state index in [0.29, 0.717) is 5.88 Å². The fraction of sp³-hybridized carbons (Fsp3) is 0.306. The highest BCUT2D eigenvalue weighted by molar-refractivity contribution is 6.00. The normalized spacial score (nSPS) is 12.2. The van der Waals surface area contributed by atoms with Gasteiger partial charge in [-0.15, -0.1) is 0 Å². The first kappa shape index (κ1) is 32.1. The summed E-state index contributed by atoms with van der Waals surface area (Å²) < 4.78 is 16.4. The minimum atomic E-state index is -0.661. The molecule has 4 rings (SSSR count). The first-order chi connectivity index (χ1) is 21.2. The molecule has 2 heterocycles. The summed E-state index contributed by atoms with van der Waals surface area (Å²) in [5, 5.41) is 1.14. The Balaban J connectivity index is 1.53. The Morgan fingerprint density at radius 2 is 1.70 bits per heavy atom. The molecule has 0 radical (unpaired) electrons. The van der Waals surface area contributed by atoms with Gasteiger partial charge in [0.05, 0.1) is 13.2 Å². The van der Waals surface area contributed by atoms with Gasteiger partial charge >= 0.3 is 12.1 Å². The smallest absolute Gasteiger partial charge is 0.410 e. The minimum Gasteiger partial charge on any atom is -0.476 e. The molecule has 8 heteroatoms. The minimum absolute atomic E-state index is 0.168. The lowest BCUT2D eigenvalue weighted by molar-refractivity contribution is -0.137. The highest BCUT2D eigenvalue weighted by atomic mass is 16.6. The van der Waals surface area contributed by atoms with E-state index < -0.39 is 17.7 Å². The Kier molecular flexibility index (Phi) is 11.0. The Bertz CT molecular complexity index is 1570. The number of esters is 1. The molecule has 0 aliphatic rings. The van der Waals surface area contributed by atoms with Crippen LogP contribution in [-0.4, -0.2) is 58.8 Å². The average Bonchev–Trinajstić information content (AvgIpc) is 3.43. The molecule has 0 saturated carbocycles. The average molecular weight is 596 g/mol. The topological polar surface area (TPSA) is 93.7 Å². The third-order valence-electron chi connectivity index (χ3n) is 6.73. The Labute approximate surface area is 259 Å². The zero-order valence-electron chi connectivity index (χ0n) is 26.1. The molecule has 4 aromatic rings. The monoisotopic (exact) mass is 595 g/mol. The summed E-state index contributed by atoms with van der Waals surface area (Å²) in [5.74, 6) is -0.0229. The molecule has 44 heavy (non-hydrogen) atoms. The number of benzene rings is 2. The van der Waals surface area contributed by atoms with Gasteiger partial charge in [0.2, 0.25) is 5.88 Å². The zero-order chi connectivity index (χ0) is 31.5. The van der Waals surface area contributed by atoms with E-state index in [1.807, 2.05) is 36.5 Å². The number of nitrogens with zero attached hydrogens (tertiary/aromatic N) is 2. The number of fused-ring (bicyclic) bond motifs is 1. The second-order valence-corrected chi connectivity index (χ2v) is 11.2. The van der Waals surface area contributed by atoms with Crippen molar-refractivity contribution in [2.24, 2.45) is 0 Å². The van der Waals surface area contributed by atoms with E-state index >= 15 is 0 Å². The third-order valence-corrected chi connectivity index (χ3v) is 6.73. The van der Waals surface area contributed by atoms with Crippen LogP contribution in [0.2, 0.25) is 0 Å². The fourth-order valence-electron chi connectivity index (χ4n) is 4.79. The molecule has 8 nitrogen and oxygen atoms in total. The van der Waals surface area contributed by atoms with Crippen molar-refractivity contribution in [3.63, 3.8) is 0 Å². The van der Waals surface area contributed by atoms with E-state index in [0.717, 1.165) is 39.7 Å². The van der Waals surface area contributed by atoms with Crippen LogP contribution in [-0.2, 0) is 14.3 Å². The number of amides is 1. The zero-order valence-corrected chi connectivity index (χ0v) is 26.1. The molecule has 0 bridgehead atoms. The van der Waals surface area contributed by atoms with Gasteiger partial charge in [-0.05, 0) is 63.5 Å². The summed E-state index contributed by atoms with van der Waals surface area (Å²) in [4.78, 5) is 34.2. The van der Waals surface area contributed by atoms with Crippen molar-refractivity contribution in [3.8, 4) is 5.88 Å². The van der Waals surface area contributed by atoms with Crippen molar-refractivity contribution in [3.05, 3.63) is 108 Å². The molecule has 230 valence electrons. The molecule has 2 aromatic carbocycles. The van der Waals surface area contributed by atoms with Crippen LogP contribution < -0.4 is 4.74 Å². The van der Waals surface area contributed by atoms with E-state index in [4.69, 9.17) is 14.2 Å². The summed E-state index contributed by atoms with van der Waals surface area (Å²) in [5.41, 5.74) is 5.84. The molecule has 0 aliphatic carbocycles. The second kappa shape index (κ2) is 15.0. The number of rotatable bonds is 12. The first-order valence-electron chi connectivity index (χ1n) is 15.0. The lowest BCUT2D eigenvalue weighted by atomic mass is 9.91. The Morgan fingerprint density at radius 1 is 0.955 bits per heavy atom. The lowest BCUT2D eigenvalue weighted by Gasteiger charge is -2.26. The number of para-hydroxylation sites is 1. The Hall–Kier alpha value is -4.85. The van der Waals surface area contributed by atoms with Crippen LogP contribution in [0.15, 0.2) is 91.1 Å². The fourth-order valence-corrected chi connectivity index (χ4v) is 4.79. The summed E-state index contributed by atoms with van der Waals surface area (Å²) in [6.45, 7) is 10.2. The van der Waals surface area contributed by atoms with Gasteiger partial charge in [0.25, 0.3) is 0 Å². The summed E-state index contributed by atoms with van der Waals surface area (Å²) in [6, 6.07) is 24.7. The number of carbonyl (C=O) groups is 2. The van der Waals surface area contributed by atoms with Gasteiger partial charge in [0, 0.05) is 52.6 Å². The molecular formula is C36H41N3O5. The maximum atomic E-state index is 12.8. The first-order valence-corrected chi connectivity index (χ1v) is 15.0. The van der Waals surface area contributed by atoms with Gasteiger partial charge in [-0.2, -0.15) is 0 Å². The highest BCUT2D eigenvalue weighted by Crippen LogP contribution is 2.35. The molecule has 0 fully saturated rings. The molecule has 2 aromatic heterocycles. The number of aromatic nitrogens is 2. The quantitative estimate of drug-likeness (QED) is 0.133. The van der Waals surface area contributed by atoms with Crippen LogP contribution in [0.25, 0.3) is 22.0 Å². The summed E-state index contributed by atoms with van der Waals surface area (Å²) in [7, 11) is 0. The van der Waals surface area contributed by atoms with Crippen molar-refractivity contribution in [2.45, 2.75) is 46.6 Å². The lowest BCUT2D eigenvalue weighted by Crippen LogP contribution is -2.39.